The molecule has 2 heterocycles. The van der Waals surface area contributed by atoms with E-state index >= 15 is 0 Å². The third kappa shape index (κ3) is 3.01. The number of alkyl halides is 4. The van der Waals surface area contributed by atoms with E-state index in [1.54, 1.807) is 6.07 Å². The summed E-state index contributed by atoms with van der Waals surface area (Å²) in [7, 11) is 0. The van der Waals surface area contributed by atoms with Gasteiger partial charge in [0.2, 0.25) is 0 Å². The Morgan fingerprint density at radius 2 is 2.04 bits per heavy atom. The van der Waals surface area contributed by atoms with E-state index < -0.39 is 11.7 Å². The largest absolute Gasteiger partial charge is 0.416 e. The monoisotopic (exact) mass is 406 g/mol. The maximum absolute atomic E-state index is 12.8. The highest BCUT2D eigenvalue weighted by Crippen LogP contribution is 2.57. The molecule has 0 saturated carbocycles. The molecular weight excluding hydrogens is 385 g/mol. The van der Waals surface area contributed by atoms with Crippen LogP contribution >= 0.6 is 15.9 Å². The van der Waals surface area contributed by atoms with Gasteiger partial charge in [0, 0.05) is 11.2 Å². The lowest BCUT2D eigenvalue weighted by molar-refractivity contribution is -0.137. The van der Waals surface area contributed by atoms with Gasteiger partial charge in [-0.3, -0.25) is 0 Å². The molecule has 4 atom stereocenters. The molecule has 0 aromatic heterocycles. The minimum Gasteiger partial charge on any atom is -0.370 e. The fourth-order valence-electron chi connectivity index (χ4n) is 3.93. The summed E-state index contributed by atoms with van der Waals surface area (Å²) in [5.41, 5.74) is -0.754. The molecule has 0 aliphatic carbocycles. The molecule has 1 aromatic carbocycles. The van der Waals surface area contributed by atoms with Crippen molar-refractivity contribution in [1.82, 2.24) is 0 Å². The Bertz CT molecular complexity index is 619. The lowest BCUT2D eigenvalue weighted by Gasteiger charge is -2.35. The van der Waals surface area contributed by atoms with Crippen LogP contribution in [0, 0.1) is 5.92 Å². The average Bonchev–Trinajstić information content (AvgIpc) is 2.92. The van der Waals surface area contributed by atoms with Crippen LogP contribution in [0.5, 0.6) is 0 Å². The van der Waals surface area contributed by atoms with Gasteiger partial charge in [0.15, 0.2) is 0 Å². The highest BCUT2D eigenvalue weighted by Gasteiger charge is 2.65. The number of halogens is 4. The minimum atomic E-state index is -4.33. The molecule has 2 aliphatic rings. The van der Waals surface area contributed by atoms with E-state index in [2.05, 4.69) is 29.8 Å². The molecule has 0 N–H and O–H groups in total. The second-order valence-electron chi connectivity index (χ2n) is 7.40. The van der Waals surface area contributed by atoms with E-state index in [0.717, 1.165) is 25.0 Å². The quantitative estimate of drug-likeness (QED) is 0.628. The van der Waals surface area contributed by atoms with Crippen molar-refractivity contribution in [3.63, 3.8) is 0 Å². The van der Waals surface area contributed by atoms with Crippen molar-refractivity contribution in [3.05, 3.63) is 35.4 Å². The van der Waals surface area contributed by atoms with Gasteiger partial charge >= 0.3 is 6.18 Å². The van der Waals surface area contributed by atoms with Crippen molar-refractivity contribution >= 4 is 15.9 Å². The summed E-state index contributed by atoms with van der Waals surface area (Å²) in [5, 5.41) is 0. The fraction of sp³-hybridized carbons (Fsp3) is 0.667. The van der Waals surface area contributed by atoms with Crippen LogP contribution in [0.4, 0.5) is 13.2 Å². The van der Waals surface area contributed by atoms with Crippen LogP contribution in [-0.2, 0) is 22.3 Å². The predicted molar refractivity (Wildman–Crippen MR) is 89.0 cm³/mol. The molecule has 2 fully saturated rings. The first kappa shape index (κ1) is 18.2. The number of rotatable bonds is 4. The fourth-order valence-corrected chi connectivity index (χ4v) is 5.38. The van der Waals surface area contributed by atoms with E-state index in [9.17, 15) is 13.2 Å². The summed E-state index contributed by atoms with van der Waals surface area (Å²) in [4.78, 5) is 0.281. The lowest BCUT2D eigenvalue weighted by Crippen LogP contribution is -2.44. The van der Waals surface area contributed by atoms with Gasteiger partial charge in [-0.25, -0.2) is 0 Å². The third-order valence-corrected chi connectivity index (χ3v) is 6.50. The minimum absolute atomic E-state index is 0.108. The van der Waals surface area contributed by atoms with Gasteiger partial charge < -0.3 is 9.47 Å². The molecule has 2 bridgehead atoms. The molecule has 24 heavy (non-hydrogen) atoms. The van der Waals surface area contributed by atoms with Gasteiger partial charge in [0.1, 0.15) is 0 Å². The van der Waals surface area contributed by atoms with Gasteiger partial charge in [-0.05, 0) is 37.0 Å². The zero-order valence-electron chi connectivity index (χ0n) is 14.0. The Balaban J connectivity index is 1.71. The number of ether oxygens (including phenoxy) is 2. The average molecular weight is 407 g/mol. The topological polar surface area (TPSA) is 18.5 Å². The SMILES string of the molecule is CC(C)[C@]12C[C@@H](OCc3cccc(C(F)(F)F)c3)[C@](C)(C[C@@H]1Br)O2. The van der Waals surface area contributed by atoms with Crippen LogP contribution in [0.25, 0.3) is 0 Å². The summed E-state index contributed by atoms with van der Waals surface area (Å²) in [6, 6.07) is 5.32. The Morgan fingerprint density at radius 1 is 1.33 bits per heavy atom. The number of fused-ring (bicyclic) bond motifs is 2. The molecule has 0 amide bonds. The lowest BCUT2D eigenvalue weighted by atomic mass is 9.75. The maximum Gasteiger partial charge on any atom is 0.416 e. The predicted octanol–water partition coefficient (Wildman–Crippen LogP) is 5.33. The molecule has 2 nitrogen and oxygen atoms in total. The summed E-state index contributed by atoms with van der Waals surface area (Å²) >= 11 is 3.74. The first-order chi connectivity index (χ1) is 11.1. The van der Waals surface area contributed by atoms with E-state index in [1.807, 2.05) is 6.92 Å². The van der Waals surface area contributed by atoms with Gasteiger partial charge in [-0.15, -0.1) is 0 Å². The van der Waals surface area contributed by atoms with Crippen LogP contribution in [0.3, 0.4) is 0 Å². The smallest absolute Gasteiger partial charge is 0.370 e. The molecular formula is C18H22BrF3O2. The summed E-state index contributed by atoms with van der Waals surface area (Å²) in [5.74, 6) is 0.339. The molecule has 0 unspecified atom stereocenters. The van der Waals surface area contributed by atoms with E-state index in [0.29, 0.717) is 11.5 Å². The van der Waals surface area contributed by atoms with E-state index in [4.69, 9.17) is 9.47 Å². The standard InChI is InChI=1S/C18H22BrF3O2/c1-11(2)17-9-15(16(3,24-17)8-14(17)19)23-10-12-5-4-6-13(7-12)18(20,21)22/h4-7,11,14-15H,8-10H2,1-3H3/t14-,15+,16-,17+/m0/s1. The van der Waals surface area contributed by atoms with Crippen LogP contribution in [0.1, 0.15) is 44.7 Å². The second-order valence-corrected chi connectivity index (χ2v) is 8.50. The first-order valence-corrected chi connectivity index (χ1v) is 9.10. The van der Waals surface area contributed by atoms with Gasteiger partial charge in [-0.1, -0.05) is 41.9 Å². The van der Waals surface area contributed by atoms with E-state index in [1.165, 1.54) is 6.07 Å². The molecule has 2 aliphatic heterocycles. The Kier molecular flexibility index (Phi) is 4.54. The maximum atomic E-state index is 12.8. The normalized spacial score (nSPS) is 35.8. The summed E-state index contributed by atoms with van der Waals surface area (Å²) in [6.07, 6.45) is -2.83. The van der Waals surface area contributed by atoms with Crippen LogP contribution in [0.15, 0.2) is 24.3 Å². The highest BCUT2D eigenvalue weighted by molar-refractivity contribution is 9.09. The number of benzene rings is 1. The van der Waals surface area contributed by atoms with Crippen molar-refractivity contribution in [1.29, 1.82) is 0 Å². The molecule has 0 radical (unpaired) electrons. The van der Waals surface area contributed by atoms with Crippen molar-refractivity contribution in [2.45, 2.75) is 68.5 Å². The molecule has 6 heteroatoms. The zero-order chi connectivity index (χ0) is 17.8. The van der Waals surface area contributed by atoms with Gasteiger partial charge in [0.05, 0.1) is 29.5 Å². The first-order valence-electron chi connectivity index (χ1n) is 8.19. The van der Waals surface area contributed by atoms with Gasteiger partial charge in [-0.2, -0.15) is 13.2 Å². The summed E-state index contributed by atoms with van der Waals surface area (Å²) in [6.45, 7) is 6.47. The Hall–Kier alpha value is -0.590. The molecule has 0 spiro atoms. The number of hydrogen-bond acceptors (Lipinski definition) is 2. The van der Waals surface area contributed by atoms with Crippen molar-refractivity contribution in [2.24, 2.45) is 5.92 Å². The van der Waals surface area contributed by atoms with Crippen molar-refractivity contribution < 1.29 is 22.6 Å². The van der Waals surface area contributed by atoms with Crippen molar-refractivity contribution in [3.8, 4) is 0 Å². The molecule has 134 valence electrons. The molecule has 3 rings (SSSR count). The third-order valence-electron chi connectivity index (χ3n) is 5.41. The molecule has 2 saturated heterocycles. The highest BCUT2D eigenvalue weighted by atomic mass is 79.9. The van der Waals surface area contributed by atoms with Crippen LogP contribution in [0.2, 0.25) is 0 Å². The summed E-state index contributed by atoms with van der Waals surface area (Å²) < 4.78 is 50.8. The zero-order valence-corrected chi connectivity index (χ0v) is 15.6. The van der Waals surface area contributed by atoms with E-state index in [-0.39, 0.29) is 28.7 Å². The van der Waals surface area contributed by atoms with Crippen LogP contribution < -0.4 is 0 Å². The Morgan fingerprint density at radius 3 is 2.62 bits per heavy atom. The van der Waals surface area contributed by atoms with Crippen LogP contribution in [-0.4, -0.2) is 22.1 Å². The number of hydrogen-bond donors (Lipinski definition) is 0. The van der Waals surface area contributed by atoms with Crippen molar-refractivity contribution in [2.75, 3.05) is 0 Å². The Labute approximate surface area is 148 Å². The van der Waals surface area contributed by atoms with Gasteiger partial charge in [0.25, 0.3) is 0 Å². The molecule has 1 aromatic rings. The second kappa shape index (κ2) is 5.99.